The number of carbonyl (C=O) groups is 1. The van der Waals surface area contributed by atoms with Crippen molar-refractivity contribution in [3.05, 3.63) is 0 Å². The lowest BCUT2D eigenvalue weighted by molar-refractivity contribution is -0.187. The third-order valence-electron chi connectivity index (χ3n) is 5.79. The van der Waals surface area contributed by atoms with Crippen molar-refractivity contribution in [1.82, 2.24) is 4.31 Å². The first-order valence-corrected chi connectivity index (χ1v) is 9.41. The van der Waals surface area contributed by atoms with E-state index in [9.17, 15) is 26.4 Å². The largest absolute Gasteiger partial charge is 0.481 e. The molecule has 1 N–H and O–H groups in total. The van der Waals surface area contributed by atoms with E-state index in [-0.39, 0.29) is 11.2 Å². The van der Waals surface area contributed by atoms with Gasteiger partial charge in [-0.15, -0.1) is 0 Å². The minimum Gasteiger partial charge on any atom is -0.481 e. The Kier molecular flexibility index (Phi) is 3.95. The number of hydrogen-bond donors (Lipinski definition) is 1. The van der Waals surface area contributed by atoms with Gasteiger partial charge in [-0.05, 0) is 43.4 Å². The molecule has 0 spiro atoms. The van der Waals surface area contributed by atoms with Crippen LogP contribution in [0, 0.1) is 23.2 Å². The highest BCUT2D eigenvalue weighted by Gasteiger charge is 2.56. The van der Waals surface area contributed by atoms with Crippen molar-refractivity contribution in [3.63, 3.8) is 0 Å². The normalized spacial score (nSPS) is 38.3. The predicted octanol–water partition coefficient (Wildman–Crippen LogP) is 2.09. The van der Waals surface area contributed by atoms with Gasteiger partial charge in [0.2, 0.25) is 10.0 Å². The molecule has 0 unspecified atom stereocenters. The lowest BCUT2D eigenvalue weighted by Crippen LogP contribution is -2.38. The van der Waals surface area contributed by atoms with Gasteiger partial charge in [-0.2, -0.15) is 13.2 Å². The fraction of sp³-hybridized carbons (Fsp3) is 0.929. The van der Waals surface area contributed by atoms with Crippen molar-refractivity contribution >= 4 is 16.0 Å². The number of aliphatic carboxylic acids is 1. The summed E-state index contributed by atoms with van der Waals surface area (Å²) in [5, 5.41) is 9.00. The minimum absolute atomic E-state index is 0.145. The van der Waals surface area contributed by atoms with Crippen LogP contribution in [0.1, 0.15) is 32.1 Å². The van der Waals surface area contributed by atoms with Gasteiger partial charge in [0.1, 0.15) is 0 Å². The van der Waals surface area contributed by atoms with Crippen LogP contribution in [-0.2, 0) is 14.8 Å². The Labute approximate surface area is 132 Å². The average Bonchev–Trinajstić information content (AvgIpc) is 3.10. The van der Waals surface area contributed by atoms with Crippen molar-refractivity contribution in [1.29, 1.82) is 0 Å². The SMILES string of the molecule is O=C(O)[C@@H]1CN(S(=O)(=O)CC23CCC(CC2)C3)C[C@H]1C(F)(F)F. The number of halogens is 3. The standard InChI is InChI=1S/C14H20F3NO4S/c15-14(16,17)11-7-18(6-10(11)12(19)20)23(21,22)8-13-3-1-9(5-13)2-4-13/h9-11H,1-8H2,(H,19,20)/t9?,10-,11-,13?/m1/s1. The van der Waals surface area contributed by atoms with Gasteiger partial charge in [-0.25, -0.2) is 12.7 Å². The molecular weight excluding hydrogens is 335 g/mol. The number of hydrogen-bond acceptors (Lipinski definition) is 3. The maximum absolute atomic E-state index is 13.0. The quantitative estimate of drug-likeness (QED) is 0.838. The van der Waals surface area contributed by atoms with Crippen molar-refractivity contribution in [3.8, 4) is 0 Å². The molecule has 2 saturated carbocycles. The van der Waals surface area contributed by atoms with Gasteiger partial charge in [-0.1, -0.05) is 0 Å². The van der Waals surface area contributed by atoms with E-state index < -0.39 is 47.1 Å². The van der Waals surface area contributed by atoms with E-state index in [1.165, 1.54) is 0 Å². The summed E-state index contributed by atoms with van der Waals surface area (Å²) in [6, 6.07) is 0. The molecule has 5 nitrogen and oxygen atoms in total. The van der Waals surface area contributed by atoms with Crippen molar-refractivity contribution in [2.75, 3.05) is 18.8 Å². The number of sulfonamides is 1. The molecule has 3 aliphatic rings. The molecule has 23 heavy (non-hydrogen) atoms. The summed E-state index contributed by atoms with van der Waals surface area (Å²) in [4.78, 5) is 11.1. The van der Waals surface area contributed by atoms with Crippen LogP contribution in [0.2, 0.25) is 0 Å². The van der Waals surface area contributed by atoms with E-state index in [2.05, 4.69) is 0 Å². The smallest absolute Gasteiger partial charge is 0.393 e. The average molecular weight is 355 g/mol. The lowest BCUT2D eigenvalue weighted by Gasteiger charge is -2.28. The monoisotopic (exact) mass is 355 g/mol. The third kappa shape index (κ3) is 3.09. The zero-order valence-corrected chi connectivity index (χ0v) is 13.4. The summed E-state index contributed by atoms with van der Waals surface area (Å²) >= 11 is 0. The Morgan fingerprint density at radius 2 is 1.83 bits per heavy atom. The Morgan fingerprint density at radius 3 is 2.22 bits per heavy atom. The molecule has 0 aromatic carbocycles. The predicted molar refractivity (Wildman–Crippen MR) is 75.0 cm³/mol. The maximum Gasteiger partial charge on any atom is 0.393 e. The highest BCUT2D eigenvalue weighted by atomic mass is 32.2. The number of carboxylic acid groups (broad SMARTS) is 1. The van der Waals surface area contributed by atoms with E-state index in [0.29, 0.717) is 5.92 Å². The Bertz CT molecular complexity index is 596. The molecule has 1 saturated heterocycles. The Balaban J connectivity index is 1.77. The fourth-order valence-electron chi connectivity index (χ4n) is 4.57. The van der Waals surface area contributed by atoms with E-state index in [1.54, 1.807) is 0 Å². The van der Waals surface area contributed by atoms with Crippen LogP contribution >= 0.6 is 0 Å². The zero-order chi connectivity index (χ0) is 17.0. The third-order valence-corrected chi connectivity index (χ3v) is 7.86. The second-order valence-electron chi connectivity index (χ2n) is 7.31. The van der Waals surface area contributed by atoms with Gasteiger partial charge in [0.25, 0.3) is 0 Å². The Hall–Kier alpha value is -0.830. The topological polar surface area (TPSA) is 74.7 Å². The minimum atomic E-state index is -4.71. The molecular formula is C14H20F3NO4S. The molecule has 0 aromatic heterocycles. The fourth-order valence-corrected chi connectivity index (χ4v) is 6.71. The molecule has 3 rings (SSSR count). The number of carboxylic acids is 1. The molecule has 1 heterocycles. The second-order valence-corrected chi connectivity index (χ2v) is 9.28. The van der Waals surface area contributed by atoms with E-state index >= 15 is 0 Å². The van der Waals surface area contributed by atoms with Crippen LogP contribution in [0.4, 0.5) is 13.2 Å². The molecule has 2 bridgehead atoms. The van der Waals surface area contributed by atoms with Gasteiger partial charge >= 0.3 is 12.1 Å². The van der Waals surface area contributed by atoms with E-state index in [0.717, 1.165) is 36.4 Å². The lowest BCUT2D eigenvalue weighted by atomic mass is 9.87. The van der Waals surface area contributed by atoms with Gasteiger partial charge in [0.15, 0.2) is 0 Å². The van der Waals surface area contributed by atoms with Crippen LogP contribution in [-0.4, -0.2) is 48.8 Å². The molecule has 0 amide bonds. The van der Waals surface area contributed by atoms with Gasteiger partial charge < -0.3 is 5.11 Å². The molecule has 0 aromatic rings. The van der Waals surface area contributed by atoms with E-state index in [1.807, 2.05) is 0 Å². The van der Waals surface area contributed by atoms with E-state index in [4.69, 9.17) is 5.11 Å². The highest BCUT2D eigenvalue weighted by Crippen LogP contribution is 2.55. The summed E-state index contributed by atoms with van der Waals surface area (Å²) in [5.41, 5.74) is -0.307. The first-order chi connectivity index (χ1) is 10.5. The van der Waals surface area contributed by atoms with Crippen LogP contribution in [0.3, 0.4) is 0 Å². The first kappa shape index (κ1) is 17.0. The zero-order valence-electron chi connectivity index (χ0n) is 12.6. The molecule has 2 atom stereocenters. The van der Waals surface area contributed by atoms with Gasteiger partial charge in [0, 0.05) is 13.1 Å². The van der Waals surface area contributed by atoms with Crippen molar-refractivity contribution < 1.29 is 31.5 Å². The molecule has 132 valence electrons. The molecule has 2 aliphatic carbocycles. The first-order valence-electron chi connectivity index (χ1n) is 7.80. The summed E-state index contributed by atoms with van der Waals surface area (Å²) < 4.78 is 64.9. The summed E-state index contributed by atoms with van der Waals surface area (Å²) in [5.74, 6) is -5.05. The molecule has 0 radical (unpaired) electrons. The van der Waals surface area contributed by atoms with Crippen LogP contribution in [0.15, 0.2) is 0 Å². The number of nitrogens with zero attached hydrogens (tertiary/aromatic N) is 1. The van der Waals surface area contributed by atoms with Gasteiger partial charge in [-0.3, -0.25) is 4.79 Å². The molecule has 1 aliphatic heterocycles. The molecule has 3 fully saturated rings. The summed E-state index contributed by atoms with van der Waals surface area (Å²) in [6.45, 7) is -1.36. The highest BCUT2D eigenvalue weighted by molar-refractivity contribution is 7.89. The van der Waals surface area contributed by atoms with Crippen molar-refractivity contribution in [2.45, 2.75) is 38.3 Å². The van der Waals surface area contributed by atoms with Crippen LogP contribution in [0.5, 0.6) is 0 Å². The second kappa shape index (κ2) is 5.34. The van der Waals surface area contributed by atoms with Crippen LogP contribution in [0.25, 0.3) is 0 Å². The number of fused-ring (bicyclic) bond motifs is 2. The van der Waals surface area contributed by atoms with Crippen molar-refractivity contribution in [2.24, 2.45) is 23.2 Å². The number of rotatable bonds is 4. The summed E-state index contributed by atoms with van der Waals surface area (Å²) in [6.07, 6.45) is -0.314. The Morgan fingerprint density at radius 1 is 1.22 bits per heavy atom. The van der Waals surface area contributed by atoms with Crippen LogP contribution < -0.4 is 0 Å². The maximum atomic E-state index is 13.0. The number of alkyl halides is 3. The van der Waals surface area contributed by atoms with Gasteiger partial charge in [0.05, 0.1) is 17.6 Å². The summed E-state index contributed by atoms with van der Waals surface area (Å²) in [7, 11) is -3.88. The molecule has 9 heteroatoms.